The lowest BCUT2D eigenvalue weighted by Gasteiger charge is -2.46. The molecule has 3 fully saturated rings. The number of methoxy groups -OCH3 is 1. The molecule has 0 saturated carbocycles. The topological polar surface area (TPSA) is 106 Å². The number of aliphatic hydroxyl groups excluding tert-OH is 1. The van der Waals surface area contributed by atoms with E-state index in [0.29, 0.717) is 18.8 Å². The number of nitrogens with zero attached hydrogens (tertiary/aromatic N) is 4. The second-order valence-corrected chi connectivity index (χ2v) is 15.8. The fraction of sp³-hybridized carbons (Fsp3) is 0.838. The Balaban J connectivity index is 1.54. The van der Waals surface area contributed by atoms with E-state index in [4.69, 9.17) is 18.9 Å². The van der Waals surface area contributed by atoms with Gasteiger partial charge in [-0.2, -0.15) is 0 Å². The molecule has 3 saturated heterocycles. The maximum Gasteiger partial charge on any atom is 0.319 e. The van der Waals surface area contributed by atoms with Crippen LogP contribution in [-0.4, -0.2) is 133 Å². The van der Waals surface area contributed by atoms with Crippen LogP contribution in [0.1, 0.15) is 78.0 Å². The number of aliphatic hydroxyl groups is 1. The Bertz CT molecular complexity index is 1210. The molecule has 0 spiro atoms. The number of piperidine rings is 1. The van der Waals surface area contributed by atoms with Gasteiger partial charge in [-0.3, -0.25) is 19.4 Å². The van der Waals surface area contributed by atoms with Crippen molar-refractivity contribution in [2.24, 2.45) is 24.3 Å². The number of aryl methyl sites for hydroxylation is 2. The van der Waals surface area contributed by atoms with Crippen molar-refractivity contribution in [1.29, 1.82) is 0 Å². The predicted molar refractivity (Wildman–Crippen MR) is 185 cm³/mol. The van der Waals surface area contributed by atoms with Crippen LogP contribution in [0, 0.1) is 24.2 Å². The molecule has 0 aliphatic carbocycles. The number of aromatic nitrogens is 1. The van der Waals surface area contributed by atoms with Crippen molar-refractivity contribution < 1.29 is 33.6 Å². The molecule has 0 radical (unpaired) electrons. The van der Waals surface area contributed by atoms with Crippen molar-refractivity contribution in [1.82, 2.24) is 19.3 Å². The van der Waals surface area contributed by atoms with E-state index in [2.05, 4.69) is 47.6 Å². The molecule has 11 heteroatoms. The van der Waals surface area contributed by atoms with Gasteiger partial charge >= 0.3 is 5.97 Å². The van der Waals surface area contributed by atoms with Gasteiger partial charge in [0.05, 0.1) is 17.8 Å². The normalized spacial score (nSPS) is 35.6. The Morgan fingerprint density at radius 3 is 2.33 bits per heavy atom. The average Bonchev–Trinajstić information content (AvgIpc) is 3.36. The standard InChI is InChI=1S/C37H64N4O7/c1-24-13-18-40(10)29(24)22-41-19-14-27(15-20-41)30-23-46-35(44)36(4,5)32(43)26(3)33(37(6,45-11)16-12-17-39(30)9)48-34-31(42)28(38(7)8)21-25(2)47-34/h13,18,25-28,30-31,33-34,42H,12,14-17,19-23H2,1-11H3/t25?,26-,28?,30?,31+,33+,34?,37+/m0/s1. The van der Waals surface area contributed by atoms with Gasteiger partial charge in [0, 0.05) is 50.6 Å². The first-order chi connectivity index (χ1) is 22.5. The van der Waals surface area contributed by atoms with Crippen LogP contribution < -0.4 is 0 Å². The van der Waals surface area contributed by atoms with Crippen molar-refractivity contribution >= 4 is 11.8 Å². The summed E-state index contributed by atoms with van der Waals surface area (Å²) in [4.78, 5) is 34.8. The van der Waals surface area contributed by atoms with Crippen LogP contribution in [0.5, 0.6) is 0 Å². The Hall–Kier alpha value is -1.86. The molecule has 1 aromatic rings. The van der Waals surface area contributed by atoms with Crippen molar-refractivity contribution in [2.75, 3.05) is 54.5 Å². The first-order valence-electron chi connectivity index (χ1n) is 18.0. The van der Waals surface area contributed by atoms with E-state index in [1.165, 1.54) is 11.3 Å². The van der Waals surface area contributed by atoms with Crippen LogP contribution in [0.2, 0.25) is 0 Å². The summed E-state index contributed by atoms with van der Waals surface area (Å²) in [5.74, 6) is -1.19. The van der Waals surface area contributed by atoms with E-state index in [9.17, 15) is 14.7 Å². The van der Waals surface area contributed by atoms with Gasteiger partial charge in [-0.1, -0.05) is 6.92 Å². The number of hydrogen-bond donors (Lipinski definition) is 1. The van der Waals surface area contributed by atoms with E-state index in [1.807, 2.05) is 32.8 Å². The molecule has 11 nitrogen and oxygen atoms in total. The number of esters is 1. The Morgan fingerprint density at radius 1 is 1.08 bits per heavy atom. The van der Waals surface area contributed by atoms with E-state index in [0.717, 1.165) is 45.4 Å². The number of rotatable bonds is 7. The minimum Gasteiger partial charge on any atom is -0.463 e. The third kappa shape index (κ3) is 8.53. The summed E-state index contributed by atoms with van der Waals surface area (Å²) in [6.45, 7) is 15.1. The lowest BCUT2D eigenvalue weighted by Crippen LogP contribution is -2.59. The monoisotopic (exact) mass is 676 g/mol. The Kier molecular flexibility index (Phi) is 13.0. The number of hydrogen-bond acceptors (Lipinski definition) is 10. The highest BCUT2D eigenvalue weighted by molar-refractivity contribution is 6.04. The molecule has 4 heterocycles. The second kappa shape index (κ2) is 16.0. The molecule has 4 unspecified atom stereocenters. The van der Waals surface area contributed by atoms with Crippen LogP contribution in [0.4, 0.5) is 0 Å². The minimum absolute atomic E-state index is 0.0352. The average molecular weight is 677 g/mol. The zero-order valence-corrected chi connectivity index (χ0v) is 31.5. The Morgan fingerprint density at radius 2 is 1.75 bits per heavy atom. The molecule has 1 N–H and O–H groups in total. The zero-order valence-electron chi connectivity index (χ0n) is 31.5. The van der Waals surface area contributed by atoms with Crippen LogP contribution in [-0.2, 0) is 42.1 Å². The second-order valence-electron chi connectivity index (χ2n) is 15.8. The molecule has 1 aromatic heterocycles. The van der Waals surface area contributed by atoms with Gasteiger partial charge in [0.15, 0.2) is 12.1 Å². The first-order valence-corrected chi connectivity index (χ1v) is 18.0. The highest BCUT2D eigenvalue weighted by Crippen LogP contribution is 2.38. The number of likely N-dealkylation sites (tertiary alicyclic amines) is 1. The molecule has 0 bridgehead atoms. The SMILES string of the molecule is CO[C@]1(C)CCCN(C)C(C2CCN(Cc3c(C)ccn3C)CC2)COC(=O)C(C)(C)C(=O)[C@H](C)[C@H]1OC1OC(C)CC(N(C)C)[C@H]1O. The highest BCUT2D eigenvalue weighted by atomic mass is 16.7. The van der Waals surface area contributed by atoms with Gasteiger partial charge in [0.2, 0.25) is 0 Å². The summed E-state index contributed by atoms with van der Waals surface area (Å²) >= 11 is 0. The minimum atomic E-state index is -1.41. The van der Waals surface area contributed by atoms with E-state index in [1.54, 1.807) is 27.9 Å². The zero-order chi connectivity index (χ0) is 35.6. The van der Waals surface area contributed by atoms with Gasteiger partial charge in [0.1, 0.15) is 18.1 Å². The number of ketones is 1. The van der Waals surface area contributed by atoms with Crippen molar-refractivity contribution in [3.63, 3.8) is 0 Å². The molecule has 8 atom stereocenters. The number of likely N-dealkylation sites (N-methyl/N-ethyl adjacent to an activating group) is 2. The van der Waals surface area contributed by atoms with Gasteiger partial charge in [-0.15, -0.1) is 0 Å². The molecule has 0 amide bonds. The molecular weight excluding hydrogens is 612 g/mol. The number of cyclic esters (lactones) is 1. The molecule has 3 aliphatic rings. The number of Topliss-reactive ketones (excluding diaryl/α,β-unsaturated/α-hetero) is 1. The molecule has 0 aromatic carbocycles. The summed E-state index contributed by atoms with van der Waals surface area (Å²) in [6, 6.07) is 2.04. The number of carbonyl (C=O) groups is 2. The third-order valence-corrected chi connectivity index (χ3v) is 11.7. The van der Waals surface area contributed by atoms with Crippen LogP contribution in [0.25, 0.3) is 0 Å². The molecule has 48 heavy (non-hydrogen) atoms. The molecule has 3 aliphatic heterocycles. The van der Waals surface area contributed by atoms with Crippen LogP contribution in [0.3, 0.4) is 0 Å². The summed E-state index contributed by atoms with van der Waals surface area (Å²) in [5.41, 5.74) is 0.368. The largest absolute Gasteiger partial charge is 0.463 e. The Labute approximate surface area is 289 Å². The van der Waals surface area contributed by atoms with E-state index < -0.39 is 41.4 Å². The van der Waals surface area contributed by atoms with Crippen LogP contribution in [0.15, 0.2) is 12.3 Å². The maximum atomic E-state index is 14.2. The van der Waals surface area contributed by atoms with Crippen molar-refractivity contribution in [3.8, 4) is 0 Å². The van der Waals surface area contributed by atoms with Crippen LogP contribution >= 0.6 is 0 Å². The summed E-state index contributed by atoms with van der Waals surface area (Å²) in [7, 11) is 9.73. The summed E-state index contributed by atoms with van der Waals surface area (Å²) < 4.78 is 27.2. The fourth-order valence-electron chi connectivity index (χ4n) is 8.20. The lowest BCUT2D eigenvalue weighted by atomic mass is 9.75. The summed E-state index contributed by atoms with van der Waals surface area (Å²) in [6.07, 6.45) is 3.40. The number of ether oxygens (including phenoxy) is 4. The van der Waals surface area contributed by atoms with E-state index in [-0.39, 0.29) is 30.6 Å². The number of carbonyl (C=O) groups excluding carboxylic acids is 2. The van der Waals surface area contributed by atoms with E-state index >= 15 is 0 Å². The quantitative estimate of drug-likeness (QED) is 0.340. The molecule has 274 valence electrons. The van der Waals surface area contributed by atoms with Gasteiger partial charge in [-0.05, 0) is 125 Å². The first kappa shape index (κ1) is 38.9. The van der Waals surface area contributed by atoms with Gasteiger partial charge in [-0.25, -0.2) is 0 Å². The predicted octanol–water partition coefficient (Wildman–Crippen LogP) is 3.63. The van der Waals surface area contributed by atoms with Gasteiger partial charge in [0.25, 0.3) is 0 Å². The fourth-order valence-corrected chi connectivity index (χ4v) is 8.20. The summed E-state index contributed by atoms with van der Waals surface area (Å²) in [5, 5.41) is 11.3. The third-order valence-electron chi connectivity index (χ3n) is 11.7. The lowest BCUT2D eigenvalue weighted by molar-refractivity contribution is -0.295. The molecular formula is C37H64N4O7. The molecule has 4 rings (SSSR count). The van der Waals surface area contributed by atoms with Gasteiger partial charge < -0.3 is 33.5 Å². The van der Waals surface area contributed by atoms with Crippen molar-refractivity contribution in [3.05, 3.63) is 23.5 Å². The maximum absolute atomic E-state index is 14.2. The van der Waals surface area contributed by atoms with Crippen molar-refractivity contribution in [2.45, 2.75) is 122 Å². The highest BCUT2D eigenvalue weighted by Gasteiger charge is 2.51. The smallest absolute Gasteiger partial charge is 0.319 e.